The van der Waals surface area contributed by atoms with Gasteiger partial charge >= 0.3 is 5.97 Å². The Bertz CT molecular complexity index is 1220. The van der Waals surface area contributed by atoms with Crippen molar-refractivity contribution >= 4 is 28.9 Å². The fourth-order valence-electron chi connectivity index (χ4n) is 3.25. The molecule has 0 aliphatic rings. The van der Waals surface area contributed by atoms with Crippen LogP contribution >= 0.6 is 0 Å². The predicted molar refractivity (Wildman–Crippen MR) is 113 cm³/mol. The Morgan fingerprint density at radius 1 is 1.20 bits per heavy atom. The molecule has 30 heavy (non-hydrogen) atoms. The second-order valence-electron chi connectivity index (χ2n) is 6.57. The van der Waals surface area contributed by atoms with Crippen LogP contribution in [0.3, 0.4) is 0 Å². The van der Waals surface area contributed by atoms with Gasteiger partial charge in [0.2, 0.25) is 0 Å². The number of carbonyl (C=O) groups excluding carboxylic acids is 1. The molecule has 4 aromatic rings. The van der Waals surface area contributed by atoms with Gasteiger partial charge < -0.3 is 21.5 Å². The smallest absolute Gasteiger partial charge is 0.355 e. The molecule has 0 spiro atoms. The number of nitrogens with two attached hydrogens (primary N) is 2. The third-order valence-electron chi connectivity index (χ3n) is 4.68. The van der Waals surface area contributed by atoms with Gasteiger partial charge in [0.1, 0.15) is 23.4 Å². The largest absolute Gasteiger partial charge is 0.464 e. The molecule has 0 fully saturated rings. The van der Waals surface area contributed by atoms with Crippen molar-refractivity contribution in [2.75, 3.05) is 23.9 Å². The molecule has 0 unspecified atom stereocenters. The van der Waals surface area contributed by atoms with Gasteiger partial charge in [0.05, 0.1) is 24.5 Å². The van der Waals surface area contributed by atoms with Gasteiger partial charge in [-0.2, -0.15) is 0 Å². The Morgan fingerprint density at radius 2 is 2.03 bits per heavy atom. The lowest BCUT2D eigenvalue weighted by molar-refractivity contribution is 0.0592. The van der Waals surface area contributed by atoms with Gasteiger partial charge in [0.25, 0.3) is 0 Å². The topological polar surface area (TPSA) is 146 Å². The summed E-state index contributed by atoms with van der Waals surface area (Å²) in [5.74, 6) is 0.121. The van der Waals surface area contributed by atoms with E-state index in [9.17, 15) is 4.79 Å². The van der Waals surface area contributed by atoms with E-state index in [1.54, 1.807) is 28.9 Å². The summed E-state index contributed by atoms with van der Waals surface area (Å²) in [5.41, 5.74) is 15.2. The van der Waals surface area contributed by atoms with E-state index < -0.39 is 5.97 Å². The van der Waals surface area contributed by atoms with E-state index in [2.05, 4.69) is 20.3 Å². The van der Waals surface area contributed by atoms with Gasteiger partial charge in [0, 0.05) is 18.0 Å². The van der Waals surface area contributed by atoms with Crippen LogP contribution in [0.25, 0.3) is 16.9 Å². The number of hydrogen-bond donors (Lipinski definition) is 3. The van der Waals surface area contributed by atoms with Crippen LogP contribution in [-0.4, -0.2) is 37.4 Å². The third kappa shape index (κ3) is 3.24. The molecule has 5 N–H and O–H groups in total. The number of imidazole rings is 1. The molecular formula is C20H20N8O2. The Balaban J connectivity index is 1.91. The molecule has 0 aromatic carbocycles. The highest BCUT2D eigenvalue weighted by Crippen LogP contribution is 2.33. The summed E-state index contributed by atoms with van der Waals surface area (Å²) < 4.78 is 6.72. The number of rotatable bonds is 5. The van der Waals surface area contributed by atoms with Gasteiger partial charge in [-0.15, -0.1) is 0 Å². The highest BCUT2D eigenvalue weighted by atomic mass is 16.5. The summed E-state index contributed by atoms with van der Waals surface area (Å²) >= 11 is 0. The highest BCUT2D eigenvalue weighted by Gasteiger charge is 2.24. The summed E-state index contributed by atoms with van der Waals surface area (Å²) in [6.07, 6.45) is 4.73. The molecule has 0 amide bonds. The monoisotopic (exact) mass is 404 g/mol. The first kappa shape index (κ1) is 19.1. The molecule has 0 aliphatic carbocycles. The van der Waals surface area contributed by atoms with Crippen LogP contribution in [0.4, 0.5) is 17.3 Å². The number of nitrogens with one attached hydrogen (secondary N) is 1. The lowest BCUT2D eigenvalue weighted by atomic mass is 10.1. The van der Waals surface area contributed by atoms with Crippen molar-refractivity contribution in [1.82, 2.24) is 24.3 Å². The van der Waals surface area contributed by atoms with Crippen molar-refractivity contribution < 1.29 is 9.53 Å². The van der Waals surface area contributed by atoms with Crippen LogP contribution < -0.4 is 16.8 Å². The molecule has 0 bridgehead atoms. The zero-order chi connectivity index (χ0) is 21.3. The predicted octanol–water partition coefficient (Wildman–Crippen LogP) is 2.31. The Kier molecular flexibility index (Phi) is 4.88. The maximum atomic E-state index is 12.4. The zero-order valence-corrected chi connectivity index (χ0v) is 16.4. The van der Waals surface area contributed by atoms with Crippen molar-refractivity contribution in [3.8, 4) is 11.3 Å². The molecule has 10 heteroatoms. The number of carbonyl (C=O) groups is 1. The minimum atomic E-state index is -0.469. The molecule has 10 nitrogen and oxygen atoms in total. The summed E-state index contributed by atoms with van der Waals surface area (Å²) in [6, 6.07) is 8.65. The number of aromatic nitrogens is 5. The number of fused-ring (bicyclic) bond motifs is 1. The first-order chi connectivity index (χ1) is 14.5. The number of hydrogen-bond acceptors (Lipinski definition) is 9. The van der Waals surface area contributed by atoms with E-state index in [0.717, 1.165) is 5.56 Å². The summed E-state index contributed by atoms with van der Waals surface area (Å²) in [7, 11) is 1.34. The van der Waals surface area contributed by atoms with Crippen LogP contribution in [0.1, 0.15) is 29.1 Å². The molecule has 0 saturated carbocycles. The summed E-state index contributed by atoms with van der Waals surface area (Å²) in [6.45, 7) is 1.91. The van der Waals surface area contributed by atoms with Crippen molar-refractivity contribution in [3.05, 3.63) is 60.4 Å². The average Bonchev–Trinajstić information content (AvgIpc) is 3.17. The number of nitrogens with zero attached hydrogens (tertiary/aromatic N) is 5. The van der Waals surface area contributed by atoms with Crippen molar-refractivity contribution in [2.45, 2.75) is 13.0 Å². The molecule has 4 rings (SSSR count). The Labute approximate surface area is 172 Å². The Morgan fingerprint density at radius 3 is 2.77 bits per heavy atom. The SMILES string of the molecule is COC(=O)c1cccc2nc([C@H](C)Nc3ncnc(N)c3N)c(-c3cccnc3)n12. The number of anilines is 3. The fourth-order valence-corrected chi connectivity index (χ4v) is 3.25. The second kappa shape index (κ2) is 7.66. The number of ether oxygens (including phenoxy) is 1. The van der Waals surface area contributed by atoms with Crippen LogP contribution in [0.2, 0.25) is 0 Å². The van der Waals surface area contributed by atoms with E-state index in [1.165, 1.54) is 13.4 Å². The highest BCUT2D eigenvalue weighted by molar-refractivity contribution is 5.89. The summed E-state index contributed by atoms with van der Waals surface area (Å²) in [5, 5.41) is 3.23. The molecule has 4 heterocycles. The minimum Gasteiger partial charge on any atom is -0.464 e. The Hall–Kier alpha value is -4.21. The van der Waals surface area contributed by atoms with Crippen molar-refractivity contribution in [2.24, 2.45) is 0 Å². The zero-order valence-electron chi connectivity index (χ0n) is 16.4. The first-order valence-electron chi connectivity index (χ1n) is 9.13. The lowest BCUT2D eigenvalue weighted by Gasteiger charge is -2.16. The quantitative estimate of drug-likeness (QED) is 0.426. The van der Waals surface area contributed by atoms with Crippen LogP contribution in [0.5, 0.6) is 0 Å². The van der Waals surface area contributed by atoms with Crippen LogP contribution in [0.15, 0.2) is 49.1 Å². The van der Waals surface area contributed by atoms with Crippen molar-refractivity contribution in [1.29, 1.82) is 0 Å². The molecule has 0 radical (unpaired) electrons. The molecular weight excluding hydrogens is 384 g/mol. The lowest BCUT2D eigenvalue weighted by Crippen LogP contribution is -2.13. The van der Waals surface area contributed by atoms with E-state index in [1.807, 2.05) is 25.1 Å². The van der Waals surface area contributed by atoms with Gasteiger partial charge in [-0.1, -0.05) is 6.07 Å². The maximum Gasteiger partial charge on any atom is 0.355 e. The van der Waals surface area contributed by atoms with Crippen molar-refractivity contribution in [3.63, 3.8) is 0 Å². The third-order valence-corrected chi connectivity index (χ3v) is 4.68. The second-order valence-corrected chi connectivity index (χ2v) is 6.57. The maximum absolute atomic E-state index is 12.4. The first-order valence-corrected chi connectivity index (χ1v) is 9.13. The van der Waals surface area contributed by atoms with Crippen LogP contribution in [0, 0.1) is 0 Å². The molecule has 4 aromatic heterocycles. The number of nitrogen functional groups attached to an aromatic ring is 2. The van der Waals surface area contributed by atoms with Gasteiger partial charge in [-0.05, 0) is 31.2 Å². The average molecular weight is 404 g/mol. The molecule has 0 aliphatic heterocycles. The normalized spacial score (nSPS) is 11.9. The molecule has 1 atom stereocenters. The van der Waals surface area contributed by atoms with Gasteiger partial charge in [0.15, 0.2) is 11.6 Å². The van der Waals surface area contributed by atoms with Gasteiger partial charge in [-0.25, -0.2) is 19.7 Å². The fraction of sp³-hybridized carbons (Fsp3) is 0.150. The molecule has 152 valence electrons. The number of pyridine rings is 2. The minimum absolute atomic E-state index is 0.190. The van der Waals surface area contributed by atoms with E-state index in [0.29, 0.717) is 28.5 Å². The van der Waals surface area contributed by atoms with E-state index >= 15 is 0 Å². The summed E-state index contributed by atoms with van der Waals surface area (Å²) in [4.78, 5) is 29.4. The number of esters is 1. The standard InChI is InChI=1S/C20H20N8O2/c1-11(26-19-15(21)18(22)24-10-25-19)16-17(12-5-4-8-23-9-12)28-13(20(29)30-2)6-3-7-14(28)27-16/h3-11H,21H2,1-2H3,(H3,22,24,25,26)/t11-/m0/s1. The van der Waals surface area contributed by atoms with Gasteiger partial charge in [-0.3, -0.25) is 9.38 Å². The number of methoxy groups -OCH3 is 1. The van der Waals surface area contributed by atoms with E-state index in [-0.39, 0.29) is 17.5 Å². The van der Waals surface area contributed by atoms with E-state index in [4.69, 9.17) is 21.2 Å². The molecule has 0 saturated heterocycles. The van der Waals surface area contributed by atoms with Crippen LogP contribution in [-0.2, 0) is 4.74 Å².